The summed E-state index contributed by atoms with van der Waals surface area (Å²) < 4.78 is 14.3. The summed E-state index contributed by atoms with van der Waals surface area (Å²) in [6.07, 6.45) is 2.23. The molecule has 1 aromatic heterocycles. The van der Waals surface area contributed by atoms with Gasteiger partial charge in [0.15, 0.2) is 0 Å². The molecule has 1 fully saturated rings. The van der Waals surface area contributed by atoms with Gasteiger partial charge in [-0.1, -0.05) is 48.5 Å². The second-order valence-electron chi connectivity index (χ2n) is 6.94. The molecular formula is C23H22N2O2. The highest BCUT2D eigenvalue weighted by molar-refractivity contribution is 5.88. The van der Waals surface area contributed by atoms with Crippen molar-refractivity contribution >= 4 is 21.8 Å². The molecule has 1 aliphatic heterocycles. The van der Waals surface area contributed by atoms with Gasteiger partial charge in [0.25, 0.3) is 0 Å². The zero-order chi connectivity index (χ0) is 18.1. The smallest absolute Gasteiger partial charge is 0.139 e. The average Bonchev–Trinajstić information content (AvgIpc) is 3.36. The number of fused-ring (bicyclic) bond motifs is 2. The normalized spacial score (nSPS) is 17.0. The van der Waals surface area contributed by atoms with Crippen LogP contribution in [0.5, 0.6) is 5.75 Å². The van der Waals surface area contributed by atoms with Crippen molar-refractivity contribution in [2.45, 2.75) is 25.5 Å². The minimum absolute atomic E-state index is 0.0926. The van der Waals surface area contributed by atoms with Gasteiger partial charge in [-0.25, -0.2) is 4.98 Å². The van der Waals surface area contributed by atoms with Crippen LogP contribution in [0.2, 0.25) is 0 Å². The van der Waals surface area contributed by atoms with E-state index in [4.69, 9.17) is 14.5 Å². The molecule has 1 aliphatic rings. The van der Waals surface area contributed by atoms with Crippen LogP contribution in [-0.2, 0) is 11.3 Å². The Bertz CT molecular complexity index is 1070. The third kappa shape index (κ3) is 3.06. The Morgan fingerprint density at radius 1 is 1.00 bits per heavy atom. The Hall–Kier alpha value is -2.85. The van der Waals surface area contributed by atoms with Crippen molar-refractivity contribution in [3.8, 4) is 5.75 Å². The molecule has 1 saturated heterocycles. The molecule has 0 N–H and O–H groups in total. The van der Waals surface area contributed by atoms with Crippen molar-refractivity contribution in [2.24, 2.45) is 0 Å². The molecule has 0 bridgehead atoms. The number of rotatable bonds is 5. The summed E-state index contributed by atoms with van der Waals surface area (Å²) in [6.45, 7) is 2.16. The molecule has 0 amide bonds. The molecule has 4 heteroatoms. The summed E-state index contributed by atoms with van der Waals surface area (Å²) >= 11 is 0. The molecule has 0 aliphatic carbocycles. The number of imidazole rings is 1. The van der Waals surface area contributed by atoms with E-state index in [1.807, 2.05) is 24.3 Å². The van der Waals surface area contributed by atoms with Crippen molar-refractivity contribution < 1.29 is 9.47 Å². The summed E-state index contributed by atoms with van der Waals surface area (Å²) in [4.78, 5) is 4.85. The quantitative estimate of drug-likeness (QED) is 0.497. The van der Waals surface area contributed by atoms with Crippen molar-refractivity contribution in [3.05, 3.63) is 72.6 Å². The largest absolute Gasteiger partial charge is 0.491 e. The number of hydrogen-bond donors (Lipinski definition) is 0. The first-order chi connectivity index (χ1) is 13.4. The van der Waals surface area contributed by atoms with Crippen molar-refractivity contribution in [2.75, 3.05) is 13.2 Å². The Morgan fingerprint density at radius 3 is 2.78 bits per heavy atom. The lowest BCUT2D eigenvalue weighted by Crippen LogP contribution is -2.13. The maximum atomic E-state index is 6.17. The zero-order valence-corrected chi connectivity index (χ0v) is 15.2. The summed E-state index contributed by atoms with van der Waals surface area (Å²) in [5, 5.41) is 2.35. The molecule has 4 aromatic rings. The van der Waals surface area contributed by atoms with E-state index in [1.54, 1.807) is 0 Å². The highest BCUT2D eigenvalue weighted by Gasteiger charge is 2.24. The number of hydrogen-bond acceptors (Lipinski definition) is 3. The van der Waals surface area contributed by atoms with Crippen LogP contribution in [0.25, 0.3) is 21.8 Å². The van der Waals surface area contributed by atoms with E-state index in [1.165, 1.54) is 5.39 Å². The molecule has 136 valence electrons. The lowest BCUT2D eigenvalue weighted by Gasteiger charge is -2.15. The van der Waals surface area contributed by atoms with Gasteiger partial charge in [-0.3, -0.25) is 0 Å². The third-order valence-electron chi connectivity index (χ3n) is 5.22. The van der Waals surface area contributed by atoms with E-state index in [0.29, 0.717) is 6.61 Å². The van der Waals surface area contributed by atoms with Gasteiger partial charge in [0.2, 0.25) is 0 Å². The van der Waals surface area contributed by atoms with Gasteiger partial charge in [-0.05, 0) is 36.4 Å². The monoisotopic (exact) mass is 358 g/mol. The van der Waals surface area contributed by atoms with Crippen LogP contribution in [0.3, 0.4) is 0 Å². The summed E-state index contributed by atoms with van der Waals surface area (Å²) in [5.74, 6) is 1.95. The topological polar surface area (TPSA) is 36.3 Å². The van der Waals surface area contributed by atoms with E-state index < -0.39 is 0 Å². The van der Waals surface area contributed by atoms with Crippen molar-refractivity contribution in [1.82, 2.24) is 9.55 Å². The molecule has 0 spiro atoms. The lowest BCUT2D eigenvalue weighted by molar-refractivity contribution is 0.101. The van der Waals surface area contributed by atoms with Crippen LogP contribution in [-0.4, -0.2) is 22.8 Å². The van der Waals surface area contributed by atoms with Crippen LogP contribution in [0.15, 0.2) is 66.7 Å². The predicted octanol–water partition coefficient (Wildman–Crippen LogP) is 5.12. The zero-order valence-electron chi connectivity index (χ0n) is 15.2. The molecule has 4 nitrogen and oxygen atoms in total. The number of aromatic nitrogens is 2. The Kier molecular flexibility index (Phi) is 4.26. The fourth-order valence-corrected chi connectivity index (χ4v) is 3.92. The highest BCUT2D eigenvalue weighted by atomic mass is 16.5. The van der Waals surface area contributed by atoms with E-state index in [2.05, 4.69) is 47.0 Å². The number of para-hydroxylation sites is 2. The number of benzene rings is 3. The minimum Gasteiger partial charge on any atom is -0.491 e. The molecule has 27 heavy (non-hydrogen) atoms. The van der Waals surface area contributed by atoms with E-state index in [0.717, 1.165) is 54.0 Å². The molecule has 3 aromatic carbocycles. The minimum atomic E-state index is 0.0926. The molecule has 2 heterocycles. The predicted molar refractivity (Wildman–Crippen MR) is 107 cm³/mol. The molecule has 5 rings (SSSR count). The van der Waals surface area contributed by atoms with Gasteiger partial charge in [-0.15, -0.1) is 0 Å². The van der Waals surface area contributed by atoms with Gasteiger partial charge in [0.1, 0.15) is 24.3 Å². The van der Waals surface area contributed by atoms with Gasteiger partial charge in [0, 0.05) is 12.0 Å². The second-order valence-corrected chi connectivity index (χ2v) is 6.94. The summed E-state index contributed by atoms with van der Waals surface area (Å²) in [5.41, 5.74) is 2.16. The second kappa shape index (κ2) is 7.05. The maximum Gasteiger partial charge on any atom is 0.139 e. The Labute approximate surface area is 158 Å². The van der Waals surface area contributed by atoms with Gasteiger partial charge >= 0.3 is 0 Å². The maximum absolute atomic E-state index is 6.17. The van der Waals surface area contributed by atoms with E-state index in [9.17, 15) is 0 Å². The molecule has 1 atom stereocenters. The fraction of sp³-hybridized carbons (Fsp3) is 0.261. The van der Waals surface area contributed by atoms with E-state index in [-0.39, 0.29) is 6.10 Å². The van der Waals surface area contributed by atoms with Crippen LogP contribution < -0.4 is 4.74 Å². The number of nitrogens with zero attached hydrogens (tertiary/aromatic N) is 2. The SMILES string of the molecule is c1ccc2c(OCCn3c(C4CCCO4)nc4ccccc43)cccc2c1. The third-order valence-corrected chi connectivity index (χ3v) is 5.22. The average molecular weight is 358 g/mol. The van der Waals surface area contributed by atoms with Crippen molar-refractivity contribution in [1.29, 1.82) is 0 Å². The van der Waals surface area contributed by atoms with Gasteiger partial charge in [-0.2, -0.15) is 0 Å². The summed E-state index contributed by atoms with van der Waals surface area (Å²) in [6, 6.07) is 22.8. The molecule has 0 saturated carbocycles. The highest BCUT2D eigenvalue weighted by Crippen LogP contribution is 2.31. The van der Waals surface area contributed by atoms with Crippen LogP contribution in [0, 0.1) is 0 Å². The molecular weight excluding hydrogens is 336 g/mol. The Morgan fingerprint density at radius 2 is 1.85 bits per heavy atom. The first-order valence-electron chi connectivity index (χ1n) is 9.57. The fourth-order valence-electron chi connectivity index (χ4n) is 3.92. The first-order valence-corrected chi connectivity index (χ1v) is 9.57. The summed E-state index contributed by atoms with van der Waals surface area (Å²) in [7, 11) is 0. The standard InChI is InChI=1S/C23H22N2O2/c1-2-9-18-17(7-1)8-5-12-21(18)27-16-14-25-20-11-4-3-10-19(20)24-23(25)22-13-6-15-26-22/h1-5,7-12,22H,6,13-16H2. The van der Waals surface area contributed by atoms with Gasteiger partial charge in [0.05, 0.1) is 17.6 Å². The molecule has 0 radical (unpaired) electrons. The Balaban J connectivity index is 1.42. The molecule has 1 unspecified atom stereocenters. The van der Waals surface area contributed by atoms with Crippen LogP contribution in [0.4, 0.5) is 0 Å². The van der Waals surface area contributed by atoms with Crippen molar-refractivity contribution in [3.63, 3.8) is 0 Å². The van der Waals surface area contributed by atoms with Crippen LogP contribution >= 0.6 is 0 Å². The first kappa shape index (κ1) is 16.3. The van der Waals surface area contributed by atoms with Gasteiger partial charge < -0.3 is 14.0 Å². The van der Waals surface area contributed by atoms with Crippen LogP contribution in [0.1, 0.15) is 24.8 Å². The number of ether oxygens (including phenoxy) is 2. The lowest BCUT2D eigenvalue weighted by atomic mass is 10.1. The van der Waals surface area contributed by atoms with E-state index >= 15 is 0 Å².